The molecule has 3 heteroatoms. The number of fused-ring (bicyclic) bond motifs is 1. The Bertz CT molecular complexity index is 506. The molecule has 2 atom stereocenters. The Labute approximate surface area is 121 Å². The zero-order valence-corrected chi connectivity index (χ0v) is 13.0. The highest BCUT2D eigenvalue weighted by Gasteiger charge is 2.52. The van der Waals surface area contributed by atoms with Gasteiger partial charge in [-0.2, -0.15) is 0 Å². The van der Waals surface area contributed by atoms with Crippen molar-refractivity contribution in [3.8, 4) is 11.5 Å². The topological polar surface area (TPSA) is 30.5 Å². The van der Waals surface area contributed by atoms with Crippen LogP contribution in [0, 0.1) is 5.92 Å². The van der Waals surface area contributed by atoms with Crippen LogP contribution in [0.3, 0.4) is 0 Å². The highest BCUT2D eigenvalue weighted by molar-refractivity contribution is 5.48. The van der Waals surface area contributed by atoms with Crippen LogP contribution in [-0.4, -0.2) is 25.3 Å². The Morgan fingerprint density at radius 2 is 1.85 bits per heavy atom. The molecule has 1 aromatic carbocycles. The molecule has 1 fully saturated rings. The van der Waals surface area contributed by atoms with Crippen LogP contribution in [0.1, 0.15) is 39.7 Å². The molecule has 0 bridgehead atoms. The van der Waals surface area contributed by atoms with Gasteiger partial charge in [0.05, 0.1) is 0 Å². The molecule has 110 valence electrons. The third-order valence-corrected chi connectivity index (χ3v) is 4.50. The van der Waals surface area contributed by atoms with Gasteiger partial charge in [0.25, 0.3) is 0 Å². The summed E-state index contributed by atoms with van der Waals surface area (Å²) in [6.07, 6.45) is 1.25. The first-order valence-corrected chi connectivity index (χ1v) is 7.56. The minimum atomic E-state index is 0.156. The van der Waals surface area contributed by atoms with Crippen LogP contribution in [0.2, 0.25) is 0 Å². The minimum absolute atomic E-state index is 0.156. The molecule has 2 aliphatic rings. The second-order valence-corrected chi connectivity index (χ2v) is 7.22. The normalized spacial score (nSPS) is 28.3. The smallest absolute Gasteiger partial charge is 0.161 e. The molecule has 1 aliphatic carbocycles. The summed E-state index contributed by atoms with van der Waals surface area (Å²) in [6.45, 7) is 11.3. The van der Waals surface area contributed by atoms with Crippen molar-refractivity contribution in [2.24, 2.45) is 5.92 Å². The van der Waals surface area contributed by atoms with Crippen molar-refractivity contribution in [2.75, 3.05) is 19.8 Å². The Balaban J connectivity index is 1.83. The van der Waals surface area contributed by atoms with Gasteiger partial charge < -0.3 is 14.8 Å². The fourth-order valence-corrected chi connectivity index (χ4v) is 3.01. The number of hydrogen-bond acceptors (Lipinski definition) is 3. The van der Waals surface area contributed by atoms with E-state index in [4.69, 9.17) is 9.47 Å². The second-order valence-electron chi connectivity index (χ2n) is 7.22. The van der Waals surface area contributed by atoms with Gasteiger partial charge in [0.1, 0.15) is 13.2 Å². The van der Waals surface area contributed by atoms with Crippen molar-refractivity contribution in [1.29, 1.82) is 0 Å². The predicted octanol–water partition coefficient (Wildman–Crippen LogP) is 3.12. The summed E-state index contributed by atoms with van der Waals surface area (Å²) in [5.41, 5.74) is 1.80. The second kappa shape index (κ2) is 4.66. The zero-order chi connectivity index (χ0) is 14.4. The molecule has 0 aromatic heterocycles. The molecule has 0 radical (unpaired) electrons. The molecule has 1 saturated carbocycles. The average Bonchev–Trinajstić information content (AvgIpc) is 3.07. The molecular weight excluding hydrogens is 250 g/mol. The summed E-state index contributed by atoms with van der Waals surface area (Å²) in [5.74, 6) is 2.51. The summed E-state index contributed by atoms with van der Waals surface area (Å²) in [4.78, 5) is 0. The van der Waals surface area contributed by atoms with E-state index in [1.165, 1.54) is 12.0 Å². The average molecular weight is 275 g/mol. The highest BCUT2D eigenvalue weighted by atomic mass is 16.6. The molecule has 1 heterocycles. The van der Waals surface area contributed by atoms with Crippen molar-refractivity contribution in [3.05, 3.63) is 23.8 Å². The van der Waals surface area contributed by atoms with E-state index in [1.807, 2.05) is 0 Å². The van der Waals surface area contributed by atoms with Crippen LogP contribution in [-0.2, 0) is 5.41 Å². The number of rotatable bonds is 3. The maximum Gasteiger partial charge on any atom is 0.161 e. The van der Waals surface area contributed by atoms with E-state index in [2.05, 4.69) is 51.2 Å². The van der Waals surface area contributed by atoms with Crippen LogP contribution in [0.4, 0.5) is 0 Å². The van der Waals surface area contributed by atoms with Gasteiger partial charge in [-0.25, -0.2) is 0 Å². The van der Waals surface area contributed by atoms with Crippen molar-refractivity contribution in [2.45, 2.75) is 45.1 Å². The molecule has 1 aliphatic heterocycles. The molecule has 1 N–H and O–H groups in total. The minimum Gasteiger partial charge on any atom is -0.486 e. The lowest BCUT2D eigenvalue weighted by atomic mass is 9.91. The third kappa shape index (κ3) is 2.51. The molecule has 0 spiro atoms. The fraction of sp³-hybridized carbons (Fsp3) is 0.647. The van der Waals surface area contributed by atoms with Crippen molar-refractivity contribution in [1.82, 2.24) is 5.32 Å². The summed E-state index contributed by atoms with van der Waals surface area (Å²) < 4.78 is 11.3. The van der Waals surface area contributed by atoms with Crippen LogP contribution in [0.25, 0.3) is 0 Å². The Morgan fingerprint density at radius 3 is 2.45 bits per heavy atom. The first-order chi connectivity index (χ1) is 9.41. The molecule has 0 amide bonds. The largest absolute Gasteiger partial charge is 0.486 e. The van der Waals surface area contributed by atoms with E-state index in [1.54, 1.807) is 0 Å². The molecule has 1 aromatic rings. The molecule has 3 nitrogen and oxygen atoms in total. The number of benzene rings is 1. The SMILES string of the molecule is CC1CC1(CNC(C)(C)C)c1ccc2c(c1)OCCO2. The summed E-state index contributed by atoms with van der Waals surface area (Å²) >= 11 is 0. The first kappa shape index (κ1) is 13.7. The van der Waals surface area contributed by atoms with Gasteiger partial charge in [0.2, 0.25) is 0 Å². The summed E-state index contributed by atoms with van der Waals surface area (Å²) in [6, 6.07) is 6.46. The Hall–Kier alpha value is -1.22. The van der Waals surface area contributed by atoms with Gasteiger partial charge in [0, 0.05) is 17.5 Å². The number of hydrogen-bond donors (Lipinski definition) is 1. The van der Waals surface area contributed by atoms with Gasteiger partial charge in [-0.15, -0.1) is 0 Å². The molecule has 0 saturated heterocycles. The van der Waals surface area contributed by atoms with E-state index in [0.29, 0.717) is 13.2 Å². The van der Waals surface area contributed by atoms with Gasteiger partial charge in [0.15, 0.2) is 11.5 Å². The van der Waals surface area contributed by atoms with Gasteiger partial charge >= 0.3 is 0 Å². The number of nitrogens with one attached hydrogen (secondary N) is 1. The lowest BCUT2D eigenvalue weighted by molar-refractivity contribution is 0.171. The Morgan fingerprint density at radius 1 is 1.20 bits per heavy atom. The Kier molecular flexibility index (Phi) is 3.20. The molecule has 3 rings (SSSR count). The van der Waals surface area contributed by atoms with Crippen molar-refractivity contribution < 1.29 is 9.47 Å². The first-order valence-electron chi connectivity index (χ1n) is 7.56. The van der Waals surface area contributed by atoms with Crippen molar-refractivity contribution >= 4 is 0 Å². The lowest BCUT2D eigenvalue weighted by Gasteiger charge is -2.27. The standard InChI is InChI=1S/C17H25NO2/c1-12-10-17(12,11-18-16(2,3)4)13-5-6-14-15(9-13)20-8-7-19-14/h5-6,9,12,18H,7-8,10-11H2,1-4H3. The molecule has 2 unspecified atom stereocenters. The third-order valence-electron chi connectivity index (χ3n) is 4.50. The maximum atomic E-state index is 5.72. The molecule has 20 heavy (non-hydrogen) atoms. The maximum absolute atomic E-state index is 5.72. The monoisotopic (exact) mass is 275 g/mol. The van der Waals surface area contributed by atoms with Gasteiger partial charge in [-0.1, -0.05) is 13.0 Å². The van der Waals surface area contributed by atoms with E-state index in [9.17, 15) is 0 Å². The zero-order valence-electron chi connectivity index (χ0n) is 13.0. The van der Waals surface area contributed by atoms with Gasteiger partial charge in [-0.3, -0.25) is 0 Å². The van der Waals surface area contributed by atoms with E-state index < -0.39 is 0 Å². The van der Waals surface area contributed by atoms with E-state index in [0.717, 1.165) is 24.0 Å². The van der Waals surface area contributed by atoms with Crippen molar-refractivity contribution in [3.63, 3.8) is 0 Å². The summed E-state index contributed by atoms with van der Waals surface area (Å²) in [7, 11) is 0. The number of ether oxygens (including phenoxy) is 2. The predicted molar refractivity (Wildman–Crippen MR) is 80.6 cm³/mol. The highest BCUT2D eigenvalue weighted by Crippen LogP contribution is 2.55. The van der Waals surface area contributed by atoms with Crippen LogP contribution in [0.15, 0.2) is 18.2 Å². The lowest BCUT2D eigenvalue weighted by Crippen LogP contribution is -2.41. The summed E-state index contributed by atoms with van der Waals surface area (Å²) in [5, 5.41) is 3.66. The van der Waals surface area contributed by atoms with E-state index >= 15 is 0 Å². The fourth-order valence-electron chi connectivity index (χ4n) is 3.01. The quantitative estimate of drug-likeness (QED) is 0.919. The van der Waals surface area contributed by atoms with Crippen LogP contribution >= 0.6 is 0 Å². The van der Waals surface area contributed by atoms with Crippen LogP contribution in [0.5, 0.6) is 11.5 Å². The van der Waals surface area contributed by atoms with Gasteiger partial charge in [-0.05, 0) is 50.8 Å². The molecular formula is C17H25NO2. The van der Waals surface area contributed by atoms with Crippen LogP contribution < -0.4 is 14.8 Å². The van der Waals surface area contributed by atoms with E-state index in [-0.39, 0.29) is 11.0 Å².